The Kier molecular flexibility index (Phi) is 3.81. The fourth-order valence-electron chi connectivity index (χ4n) is 3.78. The fourth-order valence-corrected chi connectivity index (χ4v) is 3.78. The number of halogens is 1. The minimum atomic E-state index is -0.118. The van der Waals surface area contributed by atoms with Gasteiger partial charge in [0.2, 0.25) is 5.89 Å². The van der Waals surface area contributed by atoms with Crippen LogP contribution in [0.25, 0.3) is 10.9 Å². The van der Waals surface area contributed by atoms with E-state index in [0.717, 1.165) is 24.5 Å². The summed E-state index contributed by atoms with van der Waals surface area (Å²) in [7, 11) is 0. The van der Waals surface area contributed by atoms with Crippen LogP contribution in [0.5, 0.6) is 0 Å². The molecule has 1 aliphatic carbocycles. The van der Waals surface area contributed by atoms with Gasteiger partial charge in [0.25, 0.3) is 5.56 Å². The van der Waals surface area contributed by atoms with Crippen LogP contribution in [0, 0.1) is 18.8 Å². The maximum Gasteiger partial charge on any atom is 0.262 e. The zero-order valence-corrected chi connectivity index (χ0v) is 14.4. The van der Waals surface area contributed by atoms with Gasteiger partial charge < -0.3 is 9.84 Å². The summed E-state index contributed by atoms with van der Waals surface area (Å²) in [5.74, 6) is 2.89. The topological polar surface area (TPSA) is 98.7 Å². The van der Waals surface area contributed by atoms with Gasteiger partial charge in [0.05, 0.1) is 23.4 Å². The van der Waals surface area contributed by atoms with Gasteiger partial charge in [-0.1, -0.05) is 5.16 Å². The molecule has 1 unspecified atom stereocenters. The number of hydrogen-bond donors (Lipinski definition) is 1. The molecule has 4 heterocycles. The molecular weight excluding hydrogens is 344 g/mol. The molecular formula is C16H17ClN6O2. The zero-order valence-electron chi connectivity index (χ0n) is 13.5. The number of nitrogens with one attached hydrogen (secondary N) is 1. The molecule has 130 valence electrons. The molecule has 3 aromatic heterocycles. The number of fused-ring (bicyclic) bond motifs is 2. The summed E-state index contributed by atoms with van der Waals surface area (Å²) in [6.07, 6.45) is 4.77. The smallest absolute Gasteiger partial charge is 0.262 e. The molecule has 1 saturated heterocycles. The summed E-state index contributed by atoms with van der Waals surface area (Å²) in [5, 5.41) is 8.04. The van der Waals surface area contributed by atoms with Crippen LogP contribution in [-0.4, -0.2) is 37.8 Å². The molecule has 3 aromatic rings. The van der Waals surface area contributed by atoms with Gasteiger partial charge in [0.15, 0.2) is 5.82 Å². The molecule has 0 radical (unpaired) electrons. The standard InChI is InChI=1S/C16H16N6O2.ClH/c1-8-2-17-5-11-13(8)16(23)22(7-19-11)6-12-20-15(21-24-12)14-9-3-18-4-10(9)14;/h2,5,7,9-10,14,18H,3-4,6H2,1H3;1H/t9-,10+,14?;. The van der Waals surface area contributed by atoms with Crippen LogP contribution in [0.4, 0.5) is 0 Å². The van der Waals surface area contributed by atoms with E-state index in [1.165, 1.54) is 10.9 Å². The average molecular weight is 361 g/mol. The lowest BCUT2D eigenvalue weighted by molar-refractivity contribution is 0.363. The van der Waals surface area contributed by atoms with Crippen LogP contribution in [0.15, 0.2) is 28.0 Å². The molecule has 0 bridgehead atoms. The molecule has 25 heavy (non-hydrogen) atoms. The minimum Gasteiger partial charge on any atom is -0.337 e. The van der Waals surface area contributed by atoms with E-state index in [9.17, 15) is 4.79 Å². The van der Waals surface area contributed by atoms with Crippen molar-refractivity contribution < 1.29 is 4.52 Å². The number of aryl methyl sites for hydroxylation is 1. The second-order valence-electron chi connectivity index (χ2n) is 6.59. The molecule has 2 aliphatic rings. The van der Waals surface area contributed by atoms with E-state index in [-0.39, 0.29) is 24.5 Å². The first-order chi connectivity index (χ1) is 11.7. The third kappa shape index (κ3) is 2.52. The second-order valence-corrected chi connectivity index (χ2v) is 6.59. The Morgan fingerprint density at radius 1 is 1.32 bits per heavy atom. The predicted molar refractivity (Wildman–Crippen MR) is 91.8 cm³/mol. The van der Waals surface area contributed by atoms with Crippen LogP contribution < -0.4 is 10.9 Å². The van der Waals surface area contributed by atoms with Crippen LogP contribution in [0.2, 0.25) is 0 Å². The molecule has 0 aromatic carbocycles. The fraction of sp³-hybridized carbons (Fsp3) is 0.438. The normalized spacial score (nSPS) is 24.1. The number of rotatable bonds is 3. The van der Waals surface area contributed by atoms with Crippen molar-refractivity contribution in [1.82, 2.24) is 30.0 Å². The first kappa shape index (κ1) is 16.2. The predicted octanol–water partition coefficient (Wildman–Crippen LogP) is 0.886. The maximum atomic E-state index is 12.7. The van der Waals surface area contributed by atoms with E-state index in [4.69, 9.17) is 4.52 Å². The lowest BCUT2D eigenvalue weighted by Crippen LogP contribution is -2.22. The highest BCUT2D eigenvalue weighted by Crippen LogP contribution is 2.54. The highest BCUT2D eigenvalue weighted by Gasteiger charge is 2.55. The summed E-state index contributed by atoms with van der Waals surface area (Å²) in [5.41, 5.74) is 1.29. The molecule has 1 saturated carbocycles. The summed E-state index contributed by atoms with van der Waals surface area (Å²) in [6.45, 7) is 4.14. The number of hydrogen-bond acceptors (Lipinski definition) is 7. The van der Waals surface area contributed by atoms with Gasteiger partial charge in [-0.25, -0.2) is 4.98 Å². The van der Waals surface area contributed by atoms with Crippen molar-refractivity contribution in [2.24, 2.45) is 11.8 Å². The molecule has 1 aliphatic heterocycles. The Labute approximate surface area is 149 Å². The summed E-state index contributed by atoms with van der Waals surface area (Å²) in [6, 6.07) is 0. The zero-order chi connectivity index (χ0) is 16.3. The van der Waals surface area contributed by atoms with Crippen molar-refractivity contribution in [1.29, 1.82) is 0 Å². The molecule has 9 heteroatoms. The van der Waals surface area contributed by atoms with Gasteiger partial charge in [-0.05, 0) is 37.4 Å². The minimum absolute atomic E-state index is 0. The number of pyridine rings is 1. The number of piperidine rings is 1. The van der Waals surface area contributed by atoms with Crippen molar-refractivity contribution in [2.45, 2.75) is 19.4 Å². The third-order valence-corrected chi connectivity index (χ3v) is 5.11. The largest absolute Gasteiger partial charge is 0.337 e. The SMILES string of the molecule is Cc1cncc2ncn(Cc3nc(C4[C@H]5CNC[C@@H]45)no3)c(=O)c12.Cl. The van der Waals surface area contributed by atoms with Gasteiger partial charge >= 0.3 is 0 Å². The van der Waals surface area contributed by atoms with E-state index in [1.807, 2.05) is 6.92 Å². The Morgan fingerprint density at radius 3 is 2.92 bits per heavy atom. The van der Waals surface area contributed by atoms with E-state index in [1.54, 1.807) is 12.4 Å². The van der Waals surface area contributed by atoms with Gasteiger partial charge in [0.1, 0.15) is 6.54 Å². The molecule has 3 atom stereocenters. The van der Waals surface area contributed by atoms with Crippen LogP contribution in [-0.2, 0) is 6.54 Å². The van der Waals surface area contributed by atoms with Gasteiger partial charge in [-0.2, -0.15) is 4.98 Å². The first-order valence-electron chi connectivity index (χ1n) is 8.05. The van der Waals surface area contributed by atoms with Crippen molar-refractivity contribution in [2.75, 3.05) is 13.1 Å². The van der Waals surface area contributed by atoms with Crippen LogP contribution in [0.1, 0.15) is 23.2 Å². The maximum absolute atomic E-state index is 12.7. The van der Waals surface area contributed by atoms with Gasteiger partial charge in [-0.15, -0.1) is 12.4 Å². The van der Waals surface area contributed by atoms with Gasteiger partial charge in [0, 0.05) is 12.1 Å². The molecule has 8 nitrogen and oxygen atoms in total. The van der Waals surface area contributed by atoms with Crippen molar-refractivity contribution in [3.05, 3.63) is 46.4 Å². The van der Waals surface area contributed by atoms with Crippen LogP contribution >= 0.6 is 12.4 Å². The summed E-state index contributed by atoms with van der Waals surface area (Å²) >= 11 is 0. The molecule has 0 amide bonds. The van der Waals surface area contributed by atoms with Gasteiger partial charge in [-0.3, -0.25) is 14.3 Å². The van der Waals surface area contributed by atoms with Crippen LogP contribution in [0.3, 0.4) is 0 Å². The highest BCUT2D eigenvalue weighted by molar-refractivity contribution is 5.85. The van der Waals surface area contributed by atoms with Crippen molar-refractivity contribution in [3.8, 4) is 0 Å². The first-order valence-corrected chi connectivity index (χ1v) is 8.05. The second kappa shape index (κ2) is 5.89. The summed E-state index contributed by atoms with van der Waals surface area (Å²) in [4.78, 5) is 25.5. The number of aromatic nitrogens is 5. The Balaban J connectivity index is 0.00000157. The highest BCUT2D eigenvalue weighted by atomic mass is 35.5. The monoisotopic (exact) mass is 360 g/mol. The summed E-state index contributed by atoms with van der Waals surface area (Å²) < 4.78 is 6.85. The lowest BCUT2D eigenvalue weighted by Gasteiger charge is -2.05. The molecule has 2 fully saturated rings. The van der Waals surface area contributed by atoms with E-state index < -0.39 is 0 Å². The van der Waals surface area contributed by atoms with Crippen molar-refractivity contribution in [3.63, 3.8) is 0 Å². The van der Waals surface area contributed by atoms with E-state index in [0.29, 0.717) is 34.5 Å². The lowest BCUT2D eigenvalue weighted by atomic mass is 10.2. The Hall–Kier alpha value is -2.32. The quantitative estimate of drug-likeness (QED) is 0.740. The third-order valence-electron chi connectivity index (χ3n) is 5.11. The Bertz CT molecular complexity index is 990. The molecule has 1 N–H and O–H groups in total. The molecule has 5 rings (SSSR count). The van der Waals surface area contributed by atoms with E-state index in [2.05, 4.69) is 25.4 Å². The molecule has 0 spiro atoms. The van der Waals surface area contributed by atoms with Crippen molar-refractivity contribution >= 4 is 23.3 Å². The number of nitrogens with zero attached hydrogens (tertiary/aromatic N) is 5. The van der Waals surface area contributed by atoms with E-state index >= 15 is 0 Å². The Morgan fingerprint density at radius 2 is 2.12 bits per heavy atom. The average Bonchev–Trinajstić information content (AvgIpc) is 2.95.